The first-order valence-electron chi connectivity index (χ1n) is 9.06. The van der Waals surface area contributed by atoms with Crippen LogP contribution < -0.4 is 5.32 Å². The first-order valence-corrected chi connectivity index (χ1v) is 9.44. The van der Waals surface area contributed by atoms with E-state index in [4.69, 9.17) is 16.3 Å². The van der Waals surface area contributed by atoms with Gasteiger partial charge in [0.2, 0.25) is 0 Å². The third-order valence-corrected chi connectivity index (χ3v) is 5.67. The molecule has 0 bridgehead atoms. The molecular weight excluding hydrogens is 372 g/mol. The molecule has 27 heavy (non-hydrogen) atoms. The van der Waals surface area contributed by atoms with E-state index in [2.05, 4.69) is 10.2 Å². The van der Waals surface area contributed by atoms with Crippen molar-refractivity contribution in [3.63, 3.8) is 0 Å². The van der Waals surface area contributed by atoms with Crippen molar-refractivity contribution in [1.29, 1.82) is 0 Å². The quantitative estimate of drug-likeness (QED) is 0.610. The SMILES string of the molecule is CN(C)C(=O)NC[C@H]1CC2(CCN(Cc3cc([N+](=O)[O-])ccc3Cl)CC2)O1. The maximum atomic E-state index is 11.6. The van der Waals surface area contributed by atoms with E-state index in [9.17, 15) is 14.9 Å². The fourth-order valence-electron chi connectivity index (χ4n) is 3.71. The molecule has 1 atom stereocenters. The maximum absolute atomic E-state index is 11.6. The number of nitro benzene ring substituents is 1. The molecule has 0 saturated carbocycles. The van der Waals surface area contributed by atoms with Crippen LogP contribution in [0.25, 0.3) is 0 Å². The van der Waals surface area contributed by atoms with E-state index in [0.29, 0.717) is 18.1 Å². The Bertz CT molecular complexity index is 711. The zero-order valence-corrected chi connectivity index (χ0v) is 16.4. The molecule has 3 rings (SSSR count). The molecule has 2 saturated heterocycles. The van der Waals surface area contributed by atoms with Crippen molar-refractivity contribution in [2.75, 3.05) is 33.7 Å². The lowest BCUT2D eigenvalue weighted by molar-refractivity contribution is -0.384. The summed E-state index contributed by atoms with van der Waals surface area (Å²) in [5, 5.41) is 14.4. The van der Waals surface area contributed by atoms with Gasteiger partial charge in [0.05, 0.1) is 16.6 Å². The molecule has 1 spiro atoms. The first-order chi connectivity index (χ1) is 12.8. The Labute approximate surface area is 163 Å². The van der Waals surface area contributed by atoms with Crippen molar-refractivity contribution in [3.8, 4) is 0 Å². The second kappa shape index (κ2) is 8.00. The average Bonchev–Trinajstić information content (AvgIpc) is 2.60. The van der Waals surface area contributed by atoms with Crippen LogP contribution in [0.2, 0.25) is 5.02 Å². The third-order valence-electron chi connectivity index (χ3n) is 5.30. The number of likely N-dealkylation sites (tertiary alicyclic amines) is 1. The minimum atomic E-state index is -0.400. The molecule has 2 fully saturated rings. The number of benzene rings is 1. The van der Waals surface area contributed by atoms with E-state index in [1.165, 1.54) is 11.0 Å². The van der Waals surface area contributed by atoms with Gasteiger partial charge < -0.3 is 15.0 Å². The summed E-state index contributed by atoms with van der Waals surface area (Å²) >= 11 is 6.20. The molecule has 0 unspecified atom stereocenters. The van der Waals surface area contributed by atoms with Crippen LogP contribution in [0.1, 0.15) is 24.8 Å². The van der Waals surface area contributed by atoms with Gasteiger partial charge in [0, 0.05) is 63.9 Å². The monoisotopic (exact) mass is 396 g/mol. The molecule has 8 nitrogen and oxygen atoms in total. The largest absolute Gasteiger partial charge is 0.370 e. The lowest BCUT2D eigenvalue weighted by Gasteiger charge is -2.52. The van der Waals surface area contributed by atoms with Gasteiger partial charge in [-0.2, -0.15) is 0 Å². The zero-order valence-electron chi connectivity index (χ0n) is 15.6. The van der Waals surface area contributed by atoms with Crippen LogP contribution in [0.4, 0.5) is 10.5 Å². The molecule has 0 aliphatic carbocycles. The molecule has 2 aliphatic heterocycles. The summed E-state index contributed by atoms with van der Waals surface area (Å²) in [6.07, 6.45) is 2.85. The van der Waals surface area contributed by atoms with E-state index in [-0.39, 0.29) is 23.4 Å². The number of non-ortho nitro benzene ring substituents is 1. The number of nitrogens with zero attached hydrogens (tertiary/aromatic N) is 3. The summed E-state index contributed by atoms with van der Waals surface area (Å²) in [5.41, 5.74) is 0.754. The first kappa shape index (κ1) is 19.9. The number of halogens is 1. The van der Waals surface area contributed by atoms with Crippen LogP contribution in [0.5, 0.6) is 0 Å². The van der Waals surface area contributed by atoms with Crippen LogP contribution in [0.15, 0.2) is 18.2 Å². The molecule has 2 aliphatic rings. The van der Waals surface area contributed by atoms with Gasteiger partial charge in [-0.3, -0.25) is 15.0 Å². The number of rotatable bonds is 5. The summed E-state index contributed by atoms with van der Waals surface area (Å²) in [5.74, 6) is 0. The highest BCUT2D eigenvalue weighted by Gasteiger charge is 2.47. The number of nitro groups is 1. The van der Waals surface area contributed by atoms with Gasteiger partial charge in [0.25, 0.3) is 5.69 Å². The Morgan fingerprint density at radius 1 is 1.44 bits per heavy atom. The Morgan fingerprint density at radius 2 is 2.11 bits per heavy atom. The summed E-state index contributed by atoms with van der Waals surface area (Å²) in [6.45, 7) is 2.84. The smallest absolute Gasteiger partial charge is 0.316 e. The molecule has 1 aromatic carbocycles. The lowest BCUT2D eigenvalue weighted by atomic mass is 9.80. The average molecular weight is 397 g/mol. The molecular formula is C18H25ClN4O4. The van der Waals surface area contributed by atoms with Gasteiger partial charge in [0.15, 0.2) is 0 Å². The highest BCUT2D eigenvalue weighted by Crippen LogP contribution is 2.41. The molecule has 9 heteroatoms. The summed E-state index contributed by atoms with van der Waals surface area (Å²) in [6, 6.07) is 4.45. The van der Waals surface area contributed by atoms with Crippen LogP contribution >= 0.6 is 11.6 Å². The van der Waals surface area contributed by atoms with Crippen molar-refractivity contribution in [3.05, 3.63) is 38.9 Å². The van der Waals surface area contributed by atoms with E-state index in [1.807, 2.05) is 0 Å². The minimum Gasteiger partial charge on any atom is -0.370 e. The Hall–Kier alpha value is -1.90. The normalized spacial score (nSPS) is 21.5. The van der Waals surface area contributed by atoms with Crippen LogP contribution in [0, 0.1) is 10.1 Å². The van der Waals surface area contributed by atoms with Crippen molar-refractivity contribution in [2.24, 2.45) is 0 Å². The predicted octanol–water partition coefficient (Wildman–Crippen LogP) is 2.64. The fourth-order valence-corrected chi connectivity index (χ4v) is 3.89. The standard InChI is InChI=1S/C18H25ClN4O4/c1-21(2)17(24)20-11-15-10-18(27-15)5-7-22(8-6-18)12-13-9-14(23(25)26)3-4-16(13)19/h3-4,9,15H,5-8,10-12H2,1-2H3,(H,20,24)/t15-/m1/s1. The molecule has 0 aromatic heterocycles. The third kappa shape index (κ3) is 4.69. The van der Waals surface area contributed by atoms with Crippen molar-refractivity contribution >= 4 is 23.3 Å². The van der Waals surface area contributed by atoms with E-state index in [0.717, 1.165) is 37.9 Å². The Kier molecular flexibility index (Phi) is 5.88. The van der Waals surface area contributed by atoms with Crippen LogP contribution in [-0.2, 0) is 11.3 Å². The number of carbonyl (C=O) groups is 1. The molecule has 2 heterocycles. The highest BCUT2D eigenvalue weighted by molar-refractivity contribution is 6.31. The Balaban J connectivity index is 1.46. The molecule has 2 amide bonds. The van der Waals surface area contributed by atoms with Crippen molar-refractivity contribution < 1.29 is 14.5 Å². The molecule has 148 valence electrons. The van der Waals surface area contributed by atoms with Crippen molar-refractivity contribution in [1.82, 2.24) is 15.1 Å². The van der Waals surface area contributed by atoms with Gasteiger partial charge in [-0.05, 0) is 24.5 Å². The van der Waals surface area contributed by atoms with Crippen LogP contribution in [0.3, 0.4) is 0 Å². The van der Waals surface area contributed by atoms with Crippen LogP contribution in [-0.4, -0.2) is 66.2 Å². The molecule has 1 aromatic rings. The van der Waals surface area contributed by atoms with Crippen molar-refractivity contribution in [2.45, 2.75) is 37.5 Å². The summed E-state index contributed by atoms with van der Waals surface area (Å²) in [4.78, 5) is 25.9. The Morgan fingerprint density at radius 3 is 2.70 bits per heavy atom. The number of piperidine rings is 1. The molecule has 0 radical (unpaired) electrons. The number of hydrogen-bond acceptors (Lipinski definition) is 5. The number of nitrogens with one attached hydrogen (secondary N) is 1. The maximum Gasteiger partial charge on any atom is 0.316 e. The summed E-state index contributed by atoms with van der Waals surface area (Å²) < 4.78 is 6.10. The number of carbonyl (C=O) groups excluding carboxylic acids is 1. The number of urea groups is 1. The second-order valence-corrected chi connectivity index (χ2v) is 7.92. The lowest BCUT2D eigenvalue weighted by Crippen LogP contribution is -2.59. The fraction of sp³-hybridized carbons (Fsp3) is 0.611. The second-order valence-electron chi connectivity index (χ2n) is 7.52. The highest BCUT2D eigenvalue weighted by atomic mass is 35.5. The minimum absolute atomic E-state index is 0.0628. The van der Waals surface area contributed by atoms with Gasteiger partial charge in [-0.25, -0.2) is 4.79 Å². The van der Waals surface area contributed by atoms with Gasteiger partial charge in [-0.1, -0.05) is 11.6 Å². The zero-order chi connectivity index (χ0) is 19.6. The number of amides is 2. The van der Waals surface area contributed by atoms with Gasteiger partial charge in [-0.15, -0.1) is 0 Å². The summed E-state index contributed by atoms with van der Waals surface area (Å²) in [7, 11) is 3.42. The number of ether oxygens (including phenoxy) is 1. The van der Waals surface area contributed by atoms with Gasteiger partial charge in [0.1, 0.15) is 0 Å². The van der Waals surface area contributed by atoms with Gasteiger partial charge >= 0.3 is 6.03 Å². The van der Waals surface area contributed by atoms with E-state index >= 15 is 0 Å². The van der Waals surface area contributed by atoms with E-state index in [1.54, 1.807) is 26.2 Å². The number of hydrogen-bond donors (Lipinski definition) is 1. The molecule has 1 N–H and O–H groups in total. The van der Waals surface area contributed by atoms with E-state index < -0.39 is 4.92 Å². The predicted molar refractivity (Wildman–Crippen MR) is 102 cm³/mol. The topological polar surface area (TPSA) is 88.0 Å².